The number of aromatic nitrogens is 4. The van der Waals surface area contributed by atoms with Crippen molar-refractivity contribution in [2.75, 3.05) is 0 Å². The average Bonchev–Trinajstić information content (AvgIpc) is 2.91. The molecule has 0 aliphatic heterocycles. The van der Waals surface area contributed by atoms with Gasteiger partial charge in [-0.2, -0.15) is 4.98 Å². The number of nitrogens with two attached hydrogens (primary N) is 1. The number of fused-ring (bicyclic) bond motifs is 1. The van der Waals surface area contributed by atoms with E-state index >= 15 is 0 Å². The Hall–Kier alpha value is -1.36. The van der Waals surface area contributed by atoms with Crippen LogP contribution in [0.25, 0.3) is 5.78 Å². The molecule has 0 amide bonds. The second-order valence-corrected chi connectivity index (χ2v) is 4.20. The van der Waals surface area contributed by atoms with E-state index < -0.39 is 0 Å². The van der Waals surface area contributed by atoms with Crippen molar-refractivity contribution in [1.82, 2.24) is 19.6 Å². The van der Waals surface area contributed by atoms with E-state index in [2.05, 4.69) is 15.1 Å². The van der Waals surface area contributed by atoms with Crippen LogP contribution in [0.2, 0.25) is 0 Å². The number of imidazole rings is 1. The van der Waals surface area contributed by atoms with E-state index in [-0.39, 0.29) is 0 Å². The number of hydrogen-bond acceptors (Lipinski definition) is 3. The predicted molar refractivity (Wildman–Crippen MR) is 56.4 cm³/mol. The molecule has 0 saturated heterocycles. The zero-order chi connectivity index (χ0) is 10.3. The minimum Gasteiger partial charge on any atom is -0.325 e. The van der Waals surface area contributed by atoms with Crippen molar-refractivity contribution in [3.63, 3.8) is 0 Å². The van der Waals surface area contributed by atoms with Gasteiger partial charge in [0.1, 0.15) is 5.82 Å². The number of aromatic amines is 1. The normalized spacial score (nSPS) is 17.9. The highest BCUT2D eigenvalue weighted by atomic mass is 15.3. The molecule has 5 nitrogen and oxygen atoms in total. The van der Waals surface area contributed by atoms with E-state index in [1.165, 1.54) is 25.7 Å². The molecule has 0 atom stereocenters. The highest BCUT2D eigenvalue weighted by Gasteiger charge is 2.20. The van der Waals surface area contributed by atoms with Crippen LogP contribution in [0.1, 0.15) is 43.1 Å². The summed E-state index contributed by atoms with van der Waals surface area (Å²) in [5, 5.41) is 3.28. The van der Waals surface area contributed by atoms with Gasteiger partial charge in [-0.05, 0) is 12.8 Å². The largest absolute Gasteiger partial charge is 0.325 e. The van der Waals surface area contributed by atoms with E-state index in [0.717, 1.165) is 17.3 Å². The van der Waals surface area contributed by atoms with Crippen LogP contribution in [0, 0.1) is 0 Å². The van der Waals surface area contributed by atoms with Crippen LogP contribution < -0.4 is 5.73 Å². The molecule has 1 fully saturated rings. The van der Waals surface area contributed by atoms with Crippen LogP contribution in [0.4, 0.5) is 0 Å². The Morgan fingerprint density at radius 3 is 2.87 bits per heavy atom. The Kier molecular flexibility index (Phi) is 1.98. The molecule has 5 heteroatoms. The van der Waals surface area contributed by atoms with E-state index in [1.807, 2.05) is 10.7 Å². The Morgan fingerprint density at radius 2 is 2.20 bits per heavy atom. The number of H-pyrrole nitrogens is 1. The Labute approximate surface area is 87.7 Å². The van der Waals surface area contributed by atoms with Gasteiger partial charge in [-0.1, -0.05) is 12.8 Å². The van der Waals surface area contributed by atoms with Gasteiger partial charge in [0, 0.05) is 12.5 Å². The van der Waals surface area contributed by atoms with Crippen LogP contribution in [-0.2, 0) is 6.54 Å². The average molecular weight is 205 g/mol. The zero-order valence-corrected chi connectivity index (χ0v) is 8.61. The first-order valence-corrected chi connectivity index (χ1v) is 5.51. The van der Waals surface area contributed by atoms with Gasteiger partial charge in [-0.15, -0.1) is 0 Å². The van der Waals surface area contributed by atoms with Gasteiger partial charge < -0.3 is 5.73 Å². The van der Waals surface area contributed by atoms with Crippen molar-refractivity contribution >= 4 is 5.78 Å². The smallest absolute Gasteiger partial charge is 0.250 e. The number of nitrogens with zero attached hydrogens (tertiary/aromatic N) is 3. The standard InChI is InChI=1S/C10H15N5/c11-5-8-6-15-10(12-8)13-9(14-15)7-3-1-2-4-7/h6-7H,1-5,11H2,(H,12,13,14). The zero-order valence-electron chi connectivity index (χ0n) is 8.61. The summed E-state index contributed by atoms with van der Waals surface area (Å²) in [6.45, 7) is 0.468. The molecule has 0 radical (unpaired) electrons. The Morgan fingerprint density at radius 1 is 1.40 bits per heavy atom. The topological polar surface area (TPSA) is 72.0 Å². The van der Waals surface area contributed by atoms with Crippen LogP contribution in [0.3, 0.4) is 0 Å². The molecule has 0 unspecified atom stereocenters. The second-order valence-electron chi connectivity index (χ2n) is 4.20. The summed E-state index contributed by atoms with van der Waals surface area (Å²) in [5.41, 5.74) is 6.40. The quantitative estimate of drug-likeness (QED) is 0.773. The van der Waals surface area contributed by atoms with Crippen molar-refractivity contribution in [2.24, 2.45) is 5.73 Å². The SMILES string of the molecule is NCc1cn2[nH]c(C3CCCC3)nc2n1. The van der Waals surface area contributed by atoms with E-state index in [9.17, 15) is 0 Å². The molecule has 2 heterocycles. The van der Waals surface area contributed by atoms with Gasteiger partial charge in [0.15, 0.2) is 0 Å². The fourth-order valence-electron chi connectivity index (χ4n) is 2.32. The summed E-state index contributed by atoms with van der Waals surface area (Å²) >= 11 is 0. The lowest BCUT2D eigenvalue weighted by molar-refractivity contribution is 0.665. The fourth-order valence-corrected chi connectivity index (χ4v) is 2.32. The number of rotatable bonds is 2. The molecule has 15 heavy (non-hydrogen) atoms. The van der Waals surface area contributed by atoms with E-state index in [0.29, 0.717) is 12.5 Å². The molecular weight excluding hydrogens is 190 g/mol. The maximum atomic E-state index is 5.52. The van der Waals surface area contributed by atoms with Gasteiger partial charge in [0.2, 0.25) is 0 Å². The van der Waals surface area contributed by atoms with Crippen molar-refractivity contribution < 1.29 is 0 Å². The number of hydrogen-bond donors (Lipinski definition) is 2. The second kappa shape index (κ2) is 3.34. The summed E-state index contributed by atoms with van der Waals surface area (Å²) in [6, 6.07) is 0. The van der Waals surface area contributed by atoms with Crippen LogP contribution in [0.15, 0.2) is 6.20 Å². The minimum absolute atomic E-state index is 0.468. The first-order chi connectivity index (χ1) is 7.36. The first-order valence-electron chi connectivity index (χ1n) is 5.51. The molecule has 2 aromatic heterocycles. The third-order valence-electron chi connectivity index (χ3n) is 3.14. The fraction of sp³-hybridized carbons (Fsp3) is 0.600. The van der Waals surface area contributed by atoms with Crippen molar-refractivity contribution in [3.05, 3.63) is 17.7 Å². The summed E-state index contributed by atoms with van der Waals surface area (Å²) in [6.07, 6.45) is 7.06. The molecule has 2 aromatic rings. The predicted octanol–water partition coefficient (Wildman–Crippen LogP) is 1.17. The highest BCUT2D eigenvalue weighted by Crippen LogP contribution is 2.32. The lowest BCUT2D eigenvalue weighted by Gasteiger charge is -2.02. The molecule has 3 N–H and O–H groups in total. The maximum absolute atomic E-state index is 5.52. The molecule has 0 spiro atoms. The molecule has 1 saturated carbocycles. The lowest BCUT2D eigenvalue weighted by Crippen LogP contribution is -1.98. The lowest BCUT2D eigenvalue weighted by atomic mass is 10.1. The third kappa shape index (κ3) is 1.43. The van der Waals surface area contributed by atoms with Gasteiger partial charge in [0.05, 0.1) is 11.9 Å². The van der Waals surface area contributed by atoms with Gasteiger partial charge in [-0.3, -0.25) is 5.10 Å². The van der Waals surface area contributed by atoms with E-state index in [1.54, 1.807) is 0 Å². The van der Waals surface area contributed by atoms with Crippen molar-refractivity contribution in [2.45, 2.75) is 38.1 Å². The number of nitrogens with one attached hydrogen (secondary N) is 1. The van der Waals surface area contributed by atoms with Gasteiger partial charge in [0.25, 0.3) is 5.78 Å². The molecule has 80 valence electrons. The maximum Gasteiger partial charge on any atom is 0.250 e. The Bertz CT molecular complexity index is 432. The molecule has 1 aliphatic rings. The minimum atomic E-state index is 0.468. The summed E-state index contributed by atoms with van der Waals surface area (Å²) in [7, 11) is 0. The molecule has 0 bridgehead atoms. The molecule has 1 aliphatic carbocycles. The van der Waals surface area contributed by atoms with Gasteiger partial charge >= 0.3 is 0 Å². The Balaban J connectivity index is 1.96. The van der Waals surface area contributed by atoms with Crippen molar-refractivity contribution in [1.29, 1.82) is 0 Å². The molecule has 3 rings (SSSR count). The van der Waals surface area contributed by atoms with Crippen molar-refractivity contribution in [3.8, 4) is 0 Å². The summed E-state index contributed by atoms with van der Waals surface area (Å²) in [4.78, 5) is 8.82. The third-order valence-corrected chi connectivity index (χ3v) is 3.14. The summed E-state index contributed by atoms with van der Waals surface area (Å²) < 4.78 is 1.87. The monoisotopic (exact) mass is 205 g/mol. The van der Waals surface area contributed by atoms with Crippen LogP contribution >= 0.6 is 0 Å². The molecular formula is C10H15N5. The van der Waals surface area contributed by atoms with E-state index in [4.69, 9.17) is 5.73 Å². The highest BCUT2D eigenvalue weighted by molar-refractivity contribution is 5.30. The summed E-state index contributed by atoms with van der Waals surface area (Å²) in [5.74, 6) is 2.43. The van der Waals surface area contributed by atoms with Crippen LogP contribution in [-0.4, -0.2) is 19.6 Å². The van der Waals surface area contributed by atoms with Gasteiger partial charge in [-0.25, -0.2) is 9.50 Å². The first kappa shape index (κ1) is 8.91. The van der Waals surface area contributed by atoms with Crippen LogP contribution in [0.5, 0.6) is 0 Å². The molecule has 0 aromatic carbocycles.